The molecule has 0 radical (unpaired) electrons. The standard InChI is InChI=1S/C12H20N2O2/c1-11(12-4-3-5-13-10-12)14-6-7-16-9-8-15-2/h3-5,10-11,14H,6-9H2,1-2H3/t11-/m0/s1. The Labute approximate surface area is 97.0 Å². The third-order valence-corrected chi connectivity index (χ3v) is 2.31. The Morgan fingerprint density at radius 3 is 2.94 bits per heavy atom. The molecule has 1 aromatic heterocycles. The van der Waals surface area contributed by atoms with Crippen LogP contribution in [0.15, 0.2) is 24.5 Å². The molecular formula is C12H20N2O2. The van der Waals surface area contributed by atoms with Crippen LogP contribution >= 0.6 is 0 Å². The monoisotopic (exact) mass is 224 g/mol. The molecule has 0 saturated heterocycles. The number of hydrogen-bond donors (Lipinski definition) is 1. The van der Waals surface area contributed by atoms with Crippen molar-refractivity contribution in [3.8, 4) is 0 Å². The van der Waals surface area contributed by atoms with Gasteiger partial charge in [0.1, 0.15) is 0 Å². The number of nitrogens with one attached hydrogen (secondary N) is 1. The van der Waals surface area contributed by atoms with Crippen molar-refractivity contribution in [2.24, 2.45) is 0 Å². The fourth-order valence-corrected chi connectivity index (χ4v) is 1.34. The number of ether oxygens (including phenoxy) is 2. The van der Waals surface area contributed by atoms with Crippen molar-refractivity contribution >= 4 is 0 Å². The predicted octanol–water partition coefficient (Wildman–Crippen LogP) is 1.40. The third-order valence-electron chi connectivity index (χ3n) is 2.31. The van der Waals surface area contributed by atoms with E-state index in [4.69, 9.17) is 9.47 Å². The number of hydrogen-bond acceptors (Lipinski definition) is 4. The molecule has 0 spiro atoms. The van der Waals surface area contributed by atoms with Crippen LogP contribution in [-0.4, -0.2) is 38.5 Å². The van der Waals surface area contributed by atoms with Crippen LogP contribution in [0, 0.1) is 0 Å². The number of aromatic nitrogens is 1. The molecule has 0 aromatic carbocycles. The minimum atomic E-state index is 0.305. The molecule has 0 saturated carbocycles. The Hall–Kier alpha value is -0.970. The molecule has 1 rings (SSSR count). The Kier molecular flexibility index (Phi) is 6.72. The number of rotatable bonds is 8. The first-order valence-electron chi connectivity index (χ1n) is 5.54. The van der Waals surface area contributed by atoms with Gasteiger partial charge in [-0.3, -0.25) is 4.98 Å². The second-order valence-electron chi connectivity index (χ2n) is 3.57. The molecule has 1 atom stereocenters. The predicted molar refractivity (Wildman–Crippen MR) is 63.3 cm³/mol. The SMILES string of the molecule is COCCOCCN[C@@H](C)c1cccnc1. The highest BCUT2D eigenvalue weighted by molar-refractivity contribution is 5.12. The summed E-state index contributed by atoms with van der Waals surface area (Å²) in [4.78, 5) is 4.09. The maximum absolute atomic E-state index is 5.36. The van der Waals surface area contributed by atoms with E-state index in [1.165, 1.54) is 5.56 Å². The fourth-order valence-electron chi connectivity index (χ4n) is 1.34. The van der Waals surface area contributed by atoms with Gasteiger partial charge < -0.3 is 14.8 Å². The van der Waals surface area contributed by atoms with E-state index in [0.717, 1.165) is 6.54 Å². The van der Waals surface area contributed by atoms with Crippen LogP contribution in [0.25, 0.3) is 0 Å². The van der Waals surface area contributed by atoms with E-state index in [-0.39, 0.29) is 0 Å². The lowest BCUT2D eigenvalue weighted by atomic mass is 10.1. The second kappa shape index (κ2) is 8.21. The molecule has 0 bridgehead atoms. The van der Waals surface area contributed by atoms with Gasteiger partial charge in [0.05, 0.1) is 19.8 Å². The van der Waals surface area contributed by atoms with Crippen LogP contribution in [0.2, 0.25) is 0 Å². The number of nitrogens with zero attached hydrogens (tertiary/aromatic N) is 1. The van der Waals surface area contributed by atoms with E-state index >= 15 is 0 Å². The summed E-state index contributed by atoms with van der Waals surface area (Å²) < 4.78 is 10.2. The molecule has 0 unspecified atom stereocenters. The number of pyridine rings is 1. The zero-order valence-corrected chi connectivity index (χ0v) is 9.98. The quantitative estimate of drug-likeness (QED) is 0.678. The van der Waals surface area contributed by atoms with Gasteiger partial charge in [0.2, 0.25) is 0 Å². The van der Waals surface area contributed by atoms with Crippen molar-refractivity contribution in [2.45, 2.75) is 13.0 Å². The Morgan fingerprint density at radius 2 is 2.25 bits per heavy atom. The van der Waals surface area contributed by atoms with Gasteiger partial charge in [0, 0.05) is 32.1 Å². The second-order valence-corrected chi connectivity index (χ2v) is 3.57. The molecule has 0 fully saturated rings. The van der Waals surface area contributed by atoms with Crippen molar-refractivity contribution in [1.82, 2.24) is 10.3 Å². The zero-order valence-electron chi connectivity index (χ0n) is 9.98. The van der Waals surface area contributed by atoms with Gasteiger partial charge in [0.15, 0.2) is 0 Å². The zero-order chi connectivity index (χ0) is 11.6. The van der Waals surface area contributed by atoms with Gasteiger partial charge in [-0.2, -0.15) is 0 Å². The molecule has 0 aliphatic carbocycles. The summed E-state index contributed by atoms with van der Waals surface area (Å²) in [6, 6.07) is 4.32. The Morgan fingerprint density at radius 1 is 1.38 bits per heavy atom. The molecule has 0 aliphatic rings. The smallest absolute Gasteiger partial charge is 0.0700 e. The first-order valence-corrected chi connectivity index (χ1v) is 5.54. The molecule has 4 heteroatoms. The van der Waals surface area contributed by atoms with Gasteiger partial charge in [-0.1, -0.05) is 6.07 Å². The average molecular weight is 224 g/mol. The van der Waals surface area contributed by atoms with E-state index in [1.807, 2.05) is 12.3 Å². The Balaban J connectivity index is 2.09. The lowest BCUT2D eigenvalue weighted by Crippen LogP contribution is -2.23. The topological polar surface area (TPSA) is 43.4 Å². The summed E-state index contributed by atoms with van der Waals surface area (Å²) in [5.74, 6) is 0. The minimum Gasteiger partial charge on any atom is -0.382 e. The van der Waals surface area contributed by atoms with E-state index in [2.05, 4.69) is 23.3 Å². The van der Waals surface area contributed by atoms with Crippen molar-refractivity contribution in [1.29, 1.82) is 0 Å². The van der Waals surface area contributed by atoms with Crippen LogP contribution in [0.3, 0.4) is 0 Å². The maximum Gasteiger partial charge on any atom is 0.0700 e. The normalized spacial score (nSPS) is 12.6. The summed E-state index contributed by atoms with van der Waals surface area (Å²) in [7, 11) is 1.67. The third kappa shape index (κ3) is 5.21. The van der Waals surface area contributed by atoms with Crippen molar-refractivity contribution in [3.05, 3.63) is 30.1 Å². The van der Waals surface area contributed by atoms with Gasteiger partial charge in [0.25, 0.3) is 0 Å². The molecule has 0 aliphatic heterocycles. The number of methoxy groups -OCH3 is 1. The first kappa shape index (κ1) is 13.1. The summed E-state index contributed by atoms with van der Waals surface area (Å²) in [6.45, 7) is 4.96. The Bertz CT molecular complexity index is 267. The van der Waals surface area contributed by atoms with Crippen LogP contribution in [-0.2, 0) is 9.47 Å². The van der Waals surface area contributed by atoms with Crippen molar-refractivity contribution < 1.29 is 9.47 Å². The molecule has 1 heterocycles. The largest absolute Gasteiger partial charge is 0.382 e. The highest BCUT2D eigenvalue weighted by Gasteiger charge is 2.02. The molecule has 0 amide bonds. The van der Waals surface area contributed by atoms with Crippen LogP contribution < -0.4 is 5.32 Å². The lowest BCUT2D eigenvalue weighted by Gasteiger charge is -2.13. The maximum atomic E-state index is 5.36. The lowest BCUT2D eigenvalue weighted by molar-refractivity contribution is 0.0712. The molecule has 16 heavy (non-hydrogen) atoms. The molecular weight excluding hydrogens is 204 g/mol. The van der Waals surface area contributed by atoms with E-state index in [0.29, 0.717) is 25.9 Å². The first-order chi connectivity index (χ1) is 7.84. The van der Waals surface area contributed by atoms with E-state index in [9.17, 15) is 0 Å². The van der Waals surface area contributed by atoms with Crippen molar-refractivity contribution in [3.63, 3.8) is 0 Å². The molecule has 1 aromatic rings. The summed E-state index contributed by atoms with van der Waals surface area (Å²) >= 11 is 0. The van der Waals surface area contributed by atoms with Gasteiger partial charge in [-0.05, 0) is 18.6 Å². The summed E-state index contributed by atoms with van der Waals surface area (Å²) in [5, 5.41) is 3.37. The molecule has 1 N–H and O–H groups in total. The van der Waals surface area contributed by atoms with E-state index in [1.54, 1.807) is 13.3 Å². The molecule has 4 nitrogen and oxygen atoms in total. The summed E-state index contributed by atoms with van der Waals surface area (Å²) in [6.07, 6.45) is 3.66. The highest BCUT2D eigenvalue weighted by atomic mass is 16.5. The van der Waals surface area contributed by atoms with Crippen LogP contribution in [0.4, 0.5) is 0 Å². The minimum absolute atomic E-state index is 0.305. The van der Waals surface area contributed by atoms with Gasteiger partial charge in [-0.15, -0.1) is 0 Å². The highest BCUT2D eigenvalue weighted by Crippen LogP contribution is 2.08. The van der Waals surface area contributed by atoms with E-state index < -0.39 is 0 Å². The van der Waals surface area contributed by atoms with Crippen molar-refractivity contribution in [2.75, 3.05) is 33.5 Å². The fraction of sp³-hybridized carbons (Fsp3) is 0.583. The average Bonchev–Trinajstić information content (AvgIpc) is 2.34. The van der Waals surface area contributed by atoms with Gasteiger partial charge in [-0.25, -0.2) is 0 Å². The summed E-state index contributed by atoms with van der Waals surface area (Å²) in [5.41, 5.74) is 1.19. The van der Waals surface area contributed by atoms with Crippen LogP contribution in [0.5, 0.6) is 0 Å². The molecule has 90 valence electrons. The van der Waals surface area contributed by atoms with Gasteiger partial charge >= 0.3 is 0 Å². The van der Waals surface area contributed by atoms with Crippen LogP contribution in [0.1, 0.15) is 18.5 Å².